The number of aromatic nitrogens is 2. The molecule has 6 nitrogen and oxygen atoms in total. The molecule has 0 amide bonds. The molecule has 0 aliphatic heterocycles. The number of ether oxygens (including phenoxy) is 2. The molecule has 4 aromatic rings. The third-order valence-corrected chi connectivity index (χ3v) is 6.48. The van der Waals surface area contributed by atoms with E-state index in [1.165, 1.54) is 5.56 Å². The number of para-hydroxylation sites is 1. The molecule has 1 unspecified atom stereocenters. The van der Waals surface area contributed by atoms with Gasteiger partial charge in [0.15, 0.2) is 11.4 Å². The van der Waals surface area contributed by atoms with Crippen LogP contribution in [0.25, 0.3) is 22.3 Å². The van der Waals surface area contributed by atoms with Crippen LogP contribution in [0.4, 0.5) is 0 Å². The maximum atomic E-state index is 11.9. The first-order chi connectivity index (χ1) is 17.7. The number of rotatable bonds is 10. The SMILES string of the molecule is CC(C)(C)c1ccc(-c2nc(OCCCCOC(C)(C(=O)O)c3ccccc3)c3ccccc3n2)cc1. The zero-order valence-corrected chi connectivity index (χ0v) is 21.9. The van der Waals surface area contributed by atoms with Gasteiger partial charge in [-0.25, -0.2) is 9.78 Å². The molecule has 0 saturated heterocycles. The van der Waals surface area contributed by atoms with Crippen LogP contribution in [0.5, 0.6) is 5.88 Å². The van der Waals surface area contributed by atoms with E-state index in [4.69, 9.17) is 19.4 Å². The number of hydrogen-bond donors (Lipinski definition) is 1. The molecule has 4 rings (SSSR count). The maximum Gasteiger partial charge on any atom is 0.340 e. The minimum Gasteiger partial charge on any atom is -0.479 e. The lowest BCUT2D eigenvalue weighted by atomic mass is 9.87. The Morgan fingerprint density at radius 2 is 1.43 bits per heavy atom. The van der Waals surface area contributed by atoms with Gasteiger partial charge in [0.1, 0.15) is 0 Å². The molecule has 1 atom stereocenters. The molecule has 37 heavy (non-hydrogen) atoms. The van der Waals surface area contributed by atoms with Crippen LogP contribution < -0.4 is 4.74 Å². The topological polar surface area (TPSA) is 81.5 Å². The quantitative estimate of drug-likeness (QED) is 0.243. The summed E-state index contributed by atoms with van der Waals surface area (Å²) in [6, 6.07) is 25.2. The minimum absolute atomic E-state index is 0.0732. The van der Waals surface area contributed by atoms with Gasteiger partial charge in [-0.1, -0.05) is 87.5 Å². The van der Waals surface area contributed by atoms with Crippen molar-refractivity contribution >= 4 is 16.9 Å². The molecule has 0 radical (unpaired) electrons. The monoisotopic (exact) mass is 498 g/mol. The van der Waals surface area contributed by atoms with Gasteiger partial charge in [-0.05, 0) is 48.4 Å². The van der Waals surface area contributed by atoms with Gasteiger partial charge in [0.2, 0.25) is 5.88 Å². The summed E-state index contributed by atoms with van der Waals surface area (Å²) in [6.07, 6.45) is 1.35. The van der Waals surface area contributed by atoms with Gasteiger partial charge in [-0.2, -0.15) is 4.98 Å². The molecule has 3 aromatic carbocycles. The number of nitrogens with zero attached hydrogens (tertiary/aromatic N) is 2. The van der Waals surface area contributed by atoms with Crippen LogP contribution in [0.1, 0.15) is 51.7 Å². The lowest BCUT2D eigenvalue weighted by Gasteiger charge is -2.25. The zero-order chi connectivity index (χ0) is 26.5. The number of carboxylic acid groups (broad SMARTS) is 1. The van der Waals surface area contributed by atoms with E-state index in [1.54, 1.807) is 19.1 Å². The Morgan fingerprint density at radius 3 is 2.11 bits per heavy atom. The predicted molar refractivity (Wildman–Crippen MR) is 146 cm³/mol. The van der Waals surface area contributed by atoms with Gasteiger partial charge >= 0.3 is 5.97 Å². The number of carboxylic acids is 1. The highest BCUT2D eigenvalue weighted by molar-refractivity contribution is 5.85. The summed E-state index contributed by atoms with van der Waals surface area (Å²) in [7, 11) is 0. The lowest BCUT2D eigenvalue weighted by Crippen LogP contribution is -2.35. The molecule has 0 saturated carbocycles. The van der Waals surface area contributed by atoms with Gasteiger partial charge in [0.25, 0.3) is 0 Å². The molecule has 6 heteroatoms. The summed E-state index contributed by atoms with van der Waals surface area (Å²) in [4.78, 5) is 21.4. The smallest absolute Gasteiger partial charge is 0.340 e. The van der Waals surface area contributed by atoms with Crippen LogP contribution in [0.2, 0.25) is 0 Å². The summed E-state index contributed by atoms with van der Waals surface area (Å²) in [5.74, 6) is 0.157. The molecule has 0 aliphatic carbocycles. The van der Waals surface area contributed by atoms with Gasteiger partial charge in [-0.3, -0.25) is 0 Å². The highest BCUT2D eigenvalue weighted by atomic mass is 16.5. The fourth-order valence-corrected chi connectivity index (χ4v) is 4.08. The number of hydrogen-bond acceptors (Lipinski definition) is 5. The number of fused-ring (bicyclic) bond motifs is 1. The van der Waals surface area contributed by atoms with Gasteiger partial charge < -0.3 is 14.6 Å². The number of aliphatic carboxylic acids is 1. The Kier molecular flexibility index (Phi) is 7.89. The lowest BCUT2D eigenvalue weighted by molar-refractivity contribution is -0.165. The van der Waals surface area contributed by atoms with E-state index in [9.17, 15) is 9.90 Å². The number of benzene rings is 3. The molecule has 1 heterocycles. The summed E-state index contributed by atoms with van der Waals surface area (Å²) in [6.45, 7) is 8.89. The Balaban J connectivity index is 1.41. The van der Waals surface area contributed by atoms with Crippen molar-refractivity contribution in [2.45, 2.75) is 51.6 Å². The fourth-order valence-electron chi connectivity index (χ4n) is 4.08. The summed E-state index contributed by atoms with van der Waals surface area (Å²) >= 11 is 0. The third-order valence-electron chi connectivity index (χ3n) is 6.48. The van der Waals surface area contributed by atoms with Crippen molar-refractivity contribution in [1.29, 1.82) is 0 Å². The summed E-state index contributed by atoms with van der Waals surface area (Å²) in [5.41, 5.74) is 2.32. The highest BCUT2D eigenvalue weighted by Gasteiger charge is 2.36. The second kappa shape index (κ2) is 11.1. The Labute approximate surface area is 218 Å². The Morgan fingerprint density at radius 1 is 0.784 bits per heavy atom. The van der Waals surface area contributed by atoms with Crippen molar-refractivity contribution < 1.29 is 19.4 Å². The normalized spacial score (nSPS) is 13.3. The molecular formula is C31H34N2O4. The minimum atomic E-state index is -1.39. The molecule has 0 fully saturated rings. The van der Waals surface area contributed by atoms with E-state index in [2.05, 4.69) is 45.0 Å². The van der Waals surface area contributed by atoms with Crippen LogP contribution in [0, 0.1) is 0 Å². The van der Waals surface area contributed by atoms with E-state index in [0.29, 0.717) is 43.3 Å². The highest BCUT2D eigenvalue weighted by Crippen LogP contribution is 2.29. The van der Waals surface area contributed by atoms with Crippen molar-refractivity contribution in [3.8, 4) is 17.3 Å². The molecular weight excluding hydrogens is 464 g/mol. The first kappa shape index (κ1) is 26.3. The van der Waals surface area contributed by atoms with Gasteiger partial charge in [0, 0.05) is 12.2 Å². The standard InChI is InChI=1S/C31H34N2O4/c1-30(2,3)23-18-16-22(17-19-23)27-32-26-15-9-8-14-25(26)28(33-27)36-20-10-11-21-37-31(4,29(34)35)24-12-6-5-7-13-24/h5-9,12-19H,10-11,20-21H2,1-4H3,(H,34,35). The van der Waals surface area contributed by atoms with Crippen molar-refractivity contribution in [3.63, 3.8) is 0 Å². The Bertz CT molecular complexity index is 1350. The first-order valence-corrected chi connectivity index (χ1v) is 12.6. The van der Waals surface area contributed by atoms with Crippen molar-refractivity contribution in [2.75, 3.05) is 13.2 Å². The van der Waals surface area contributed by atoms with Crippen LogP contribution in [-0.2, 0) is 20.5 Å². The average molecular weight is 499 g/mol. The van der Waals surface area contributed by atoms with Crippen LogP contribution in [0.3, 0.4) is 0 Å². The zero-order valence-electron chi connectivity index (χ0n) is 21.9. The van der Waals surface area contributed by atoms with E-state index in [0.717, 1.165) is 16.5 Å². The summed E-state index contributed by atoms with van der Waals surface area (Å²) < 4.78 is 11.9. The van der Waals surface area contributed by atoms with Crippen molar-refractivity contribution in [3.05, 3.63) is 90.0 Å². The molecule has 192 valence electrons. The van der Waals surface area contributed by atoms with Gasteiger partial charge in [0.05, 0.1) is 17.5 Å². The second-order valence-electron chi connectivity index (χ2n) is 10.3. The van der Waals surface area contributed by atoms with Crippen LogP contribution >= 0.6 is 0 Å². The van der Waals surface area contributed by atoms with E-state index < -0.39 is 11.6 Å². The van der Waals surface area contributed by atoms with Crippen LogP contribution in [-0.4, -0.2) is 34.3 Å². The summed E-state index contributed by atoms with van der Waals surface area (Å²) in [5, 5.41) is 10.6. The van der Waals surface area contributed by atoms with E-state index in [-0.39, 0.29) is 5.41 Å². The maximum absolute atomic E-state index is 11.9. The molecule has 0 spiro atoms. The fraction of sp³-hybridized carbons (Fsp3) is 0.323. The largest absolute Gasteiger partial charge is 0.479 e. The Hall–Kier alpha value is -3.77. The third kappa shape index (κ3) is 6.15. The molecule has 0 aliphatic rings. The second-order valence-corrected chi connectivity index (χ2v) is 10.3. The van der Waals surface area contributed by atoms with Gasteiger partial charge in [-0.15, -0.1) is 0 Å². The van der Waals surface area contributed by atoms with Crippen molar-refractivity contribution in [2.24, 2.45) is 0 Å². The van der Waals surface area contributed by atoms with E-state index >= 15 is 0 Å². The number of unbranched alkanes of at least 4 members (excludes halogenated alkanes) is 1. The average Bonchev–Trinajstić information content (AvgIpc) is 2.90. The number of carbonyl (C=O) groups is 1. The van der Waals surface area contributed by atoms with Crippen molar-refractivity contribution in [1.82, 2.24) is 9.97 Å². The predicted octanol–water partition coefficient (Wildman–Crippen LogP) is 6.77. The molecule has 1 aromatic heterocycles. The van der Waals surface area contributed by atoms with E-state index in [1.807, 2.05) is 42.5 Å². The molecule has 0 bridgehead atoms. The van der Waals surface area contributed by atoms with Crippen LogP contribution in [0.15, 0.2) is 78.9 Å². The molecule has 1 N–H and O–H groups in total. The first-order valence-electron chi connectivity index (χ1n) is 12.6.